The molecule has 0 aliphatic carbocycles. The number of sulfonamides is 1. The monoisotopic (exact) mass is 408 g/mol. The van der Waals surface area contributed by atoms with E-state index >= 15 is 0 Å². The maximum Gasteiger partial charge on any atom is 0.245 e. The van der Waals surface area contributed by atoms with Gasteiger partial charge in [0, 0.05) is 25.6 Å². The van der Waals surface area contributed by atoms with E-state index < -0.39 is 15.8 Å². The lowest BCUT2D eigenvalue weighted by Crippen LogP contribution is -2.43. The Morgan fingerprint density at radius 1 is 1.04 bits per heavy atom. The van der Waals surface area contributed by atoms with Crippen LogP contribution in [0.5, 0.6) is 0 Å². The van der Waals surface area contributed by atoms with Gasteiger partial charge in [0.2, 0.25) is 15.9 Å². The summed E-state index contributed by atoms with van der Waals surface area (Å²) in [6.45, 7) is 0.775. The number of rotatable bonds is 6. The third-order valence-electron chi connectivity index (χ3n) is 4.91. The van der Waals surface area contributed by atoms with Crippen molar-refractivity contribution >= 4 is 15.9 Å². The molecule has 1 amide bonds. The summed E-state index contributed by atoms with van der Waals surface area (Å²) in [4.78, 5) is 12.0. The van der Waals surface area contributed by atoms with Crippen LogP contribution in [0.2, 0.25) is 0 Å². The van der Waals surface area contributed by atoms with Gasteiger partial charge in [-0.1, -0.05) is 24.3 Å². The van der Waals surface area contributed by atoms with Crippen molar-refractivity contribution in [1.82, 2.24) is 9.62 Å². The van der Waals surface area contributed by atoms with Gasteiger partial charge in [-0.2, -0.15) is 4.31 Å². The number of carbonyl (C=O) groups excluding carboxylic acids is 1. The van der Waals surface area contributed by atoms with Crippen LogP contribution in [0.25, 0.3) is 0 Å². The summed E-state index contributed by atoms with van der Waals surface area (Å²) in [6.07, 6.45) is 1.36. The molecule has 0 unspecified atom stereocenters. The molecular weight excluding hydrogens is 386 g/mol. The minimum Gasteiger partial charge on any atom is -0.356 e. The minimum absolute atomic E-state index is 0.120. The van der Waals surface area contributed by atoms with Gasteiger partial charge >= 0.3 is 0 Å². The molecule has 150 valence electrons. The summed E-state index contributed by atoms with van der Waals surface area (Å²) in [5.41, 5.74) is 0.924. The maximum absolute atomic E-state index is 13.9. The SMILES string of the molecule is O=C(NCCc1ccc(F)cc1)C1CCN(S(=O)(=O)c2ccccc2F)CC1. The first-order valence-corrected chi connectivity index (χ1v) is 10.6. The van der Waals surface area contributed by atoms with Gasteiger partial charge in [-0.25, -0.2) is 17.2 Å². The van der Waals surface area contributed by atoms with Crippen LogP contribution in [-0.4, -0.2) is 38.3 Å². The lowest BCUT2D eigenvalue weighted by atomic mass is 9.97. The molecule has 1 aliphatic heterocycles. The first kappa shape index (κ1) is 20.4. The summed E-state index contributed by atoms with van der Waals surface area (Å²) in [7, 11) is -3.90. The maximum atomic E-state index is 13.9. The lowest BCUT2D eigenvalue weighted by molar-refractivity contribution is -0.126. The van der Waals surface area contributed by atoms with E-state index in [-0.39, 0.29) is 35.6 Å². The number of carbonyl (C=O) groups is 1. The van der Waals surface area contributed by atoms with Crippen LogP contribution in [0, 0.1) is 17.6 Å². The van der Waals surface area contributed by atoms with Crippen molar-refractivity contribution in [1.29, 1.82) is 0 Å². The Hall–Kier alpha value is -2.32. The summed E-state index contributed by atoms with van der Waals surface area (Å²) >= 11 is 0. The number of benzene rings is 2. The number of nitrogens with one attached hydrogen (secondary N) is 1. The zero-order chi connectivity index (χ0) is 20.1. The molecule has 1 aliphatic rings. The Labute approximate surface area is 163 Å². The van der Waals surface area contributed by atoms with Crippen LogP contribution in [0.3, 0.4) is 0 Å². The molecule has 1 heterocycles. The molecule has 2 aromatic carbocycles. The molecule has 1 saturated heterocycles. The second-order valence-electron chi connectivity index (χ2n) is 6.78. The van der Waals surface area contributed by atoms with Crippen LogP contribution in [-0.2, 0) is 21.2 Å². The fourth-order valence-corrected chi connectivity index (χ4v) is 4.81. The number of nitrogens with zero attached hydrogens (tertiary/aromatic N) is 1. The highest BCUT2D eigenvalue weighted by molar-refractivity contribution is 7.89. The van der Waals surface area contributed by atoms with E-state index in [0.717, 1.165) is 11.6 Å². The summed E-state index contributed by atoms with van der Waals surface area (Å²) in [6, 6.07) is 11.4. The van der Waals surface area contributed by atoms with Crippen molar-refractivity contribution in [3.8, 4) is 0 Å². The average Bonchev–Trinajstić information content (AvgIpc) is 2.69. The van der Waals surface area contributed by atoms with E-state index in [1.165, 1.54) is 34.6 Å². The van der Waals surface area contributed by atoms with Gasteiger partial charge in [-0.15, -0.1) is 0 Å². The van der Waals surface area contributed by atoms with E-state index in [1.807, 2.05) is 0 Å². The molecule has 0 spiro atoms. The number of piperidine rings is 1. The summed E-state index contributed by atoms with van der Waals surface area (Å²) in [5.74, 6) is -1.47. The highest BCUT2D eigenvalue weighted by atomic mass is 32.2. The number of hydrogen-bond donors (Lipinski definition) is 1. The van der Waals surface area contributed by atoms with E-state index in [2.05, 4.69) is 5.32 Å². The van der Waals surface area contributed by atoms with E-state index in [0.29, 0.717) is 25.8 Å². The van der Waals surface area contributed by atoms with Gasteiger partial charge < -0.3 is 5.32 Å². The fourth-order valence-electron chi connectivity index (χ4n) is 3.28. The quantitative estimate of drug-likeness (QED) is 0.799. The van der Waals surface area contributed by atoms with Gasteiger partial charge in [0.15, 0.2) is 0 Å². The van der Waals surface area contributed by atoms with Crippen LogP contribution in [0.15, 0.2) is 53.4 Å². The zero-order valence-corrected chi connectivity index (χ0v) is 16.1. The normalized spacial score (nSPS) is 16.1. The lowest BCUT2D eigenvalue weighted by Gasteiger charge is -2.30. The van der Waals surface area contributed by atoms with E-state index in [4.69, 9.17) is 0 Å². The molecule has 2 aromatic rings. The Bertz CT molecular complexity index is 925. The van der Waals surface area contributed by atoms with Crippen LogP contribution in [0.4, 0.5) is 8.78 Å². The third-order valence-corrected chi connectivity index (χ3v) is 6.84. The van der Waals surface area contributed by atoms with Crippen LogP contribution < -0.4 is 5.32 Å². The molecule has 0 atom stereocenters. The molecule has 3 rings (SSSR count). The van der Waals surface area contributed by atoms with Crippen molar-refractivity contribution in [3.63, 3.8) is 0 Å². The number of halogens is 2. The first-order valence-electron chi connectivity index (χ1n) is 9.15. The smallest absolute Gasteiger partial charge is 0.245 e. The molecule has 0 saturated carbocycles. The van der Waals surface area contributed by atoms with Crippen molar-refractivity contribution in [2.24, 2.45) is 5.92 Å². The van der Waals surface area contributed by atoms with Crippen molar-refractivity contribution < 1.29 is 22.0 Å². The molecule has 8 heteroatoms. The van der Waals surface area contributed by atoms with Crippen LogP contribution >= 0.6 is 0 Å². The molecule has 1 fully saturated rings. The number of hydrogen-bond acceptors (Lipinski definition) is 3. The second-order valence-corrected chi connectivity index (χ2v) is 8.68. The van der Waals surface area contributed by atoms with E-state index in [1.54, 1.807) is 12.1 Å². The van der Waals surface area contributed by atoms with Crippen molar-refractivity contribution in [3.05, 3.63) is 65.7 Å². The fraction of sp³-hybridized carbons (Fsp3) is 0.350. The molecule has 1 N–H and O–H groups in total. The minimum atomic E-state index is -3.90. The average molecular weight is 408 g/mol. The van der Waals surface area contributed by atoms with Crippen molar-refractivity contribution in [2.75, 3.05) is 19.6 Å². The van der Waals surface area contributed by atoms with Gasteiger partial charge in [0.1, 0.15) is 16.5 Å². The molecule has 0 aromatic heterocycles. The summed E-state index contributed by atoms with van der Waals surface area (Å²) in [5, 5.41) is 2.85. The highest BCUT2D eigenvalue weighted by Crippen LogP contribution is 2.25. The van der Waals surface area contributed by atoms with Gasteiger partial charge in [-0.3, -0.25) is 4.79 Å². The Morgan fingerprint density at radius 2 is 1.68 bits per heavy atom. The second kappa shape index (κ2) is 8.79. The molecule has 0 bridgehead atoms. The van der Waals surface area contributed by atoms with Crippen molar-refractivity contribution in [2.45, 2.75) is 24.2 Å². The number of amides is 1. The zero-order valence-electron chi connectivity index (χ0n) is 15.3. The first-order chi connectivity index (χ1) is 13.4. The summed E-state index contributed by atoms with van der Waals surface area (Å²) < 4.78 is 53.2. The van der Waals surface area contributed by atoms with Gasteiger partial charge in [0.25, 0.3) is 0 Å². The Balaban J connectivity index is 1.50. The Morgan fingerprint density at radius 3 is 2.32 bits per heavy atom. The highest BCUT2D eigenvalue weighted by Gasteiger charge is 2.33. The van der Waals surface area contributed by atoms with Crippen LogP contribution in [0.1, 0.15) is 18.4 Å². The predicted octanol–water partition coefficient (Wildman–Crippen LogP) is 2.72. The Kier molecular flexibility index (Phi) is 6.41. The predicted molar refractivity (Wildman–Crippen MR) is 101 cm³/mol. The van der Waals surface area contributed by atoms with Gasteiger partial charge in [0.05, 0.1) is 0 Å². The largest absolute Gasteiger partial charge is 0.356 e. The molecule has 0 radical (unpaired) electrons. The molecular formula is C20H22F2N2O3S. The molecule has 5 nitrogen and oxygen atoms in total. The van der Waals surface area contributed by atoms with Gasteiger partial charge in [-0.05, 0) is 49.1 Å². The van der Waals surface area contributed by atoms with E-state index in [9.17, 15) is 22.0 Å². The topological polar surface area (TPSA) is 66.5 Å². The third kappa shape index (κ3) is 4.74. The molecule has 28 heavy (non-hydrogen) atoms. The standard InChI is InChI=1S/C20H22F2N2O3S/c21-17-7-5-15(6-8-17)9-12-23-20(25)16-10-13-24(14-11-16)28(26,27)19-4-2-1-3-18(19)22/h1-8,16H,9-14H2,(H,23,25).